The fourth-order valence-electron chi connectivity index (χ4n) is 2.67. The molecule has 21 heavy (non-hydrogen) atoms. The van der Waals surface area contributed by atoms with Gasteiger partial charge < -0.3 is 0 Å². The number of halogens is 2. The van der Waals surface area contributed by atoms with Gasteiger partial charge >= 0.3 is 0 Å². The van der Waals surface area contributed by atoms with Crippen molar-refractivity contribution in [2.24, 2.45) is 0 Å². The molecule has 0 aliphatic carbocycles. The smallest absolute Gasteiger partial charge is 0.0861 e. The summed E-state index contributed by atoms with van der Waals surface area (Å²) in [5, 5.41) is 2.35. The summed E-state index contributed by atoms with van der Waals surface area (Å²) in [5.41, 5.74) is 1.55. The molecular weight excluding hydrogens is 428 g/mol. The summed E-state index contributed by atoms with van der Waals surface area (Å²) in [6, 6.07) is 0. The third kappa shape index (κ3) is 5.33. The Bertz CT molecular complexity index is 542. The molecule has 0 aromatic carbocycles. The average Bonchev–Trinajstić information content (AvgIpc) is 2.99. The van der Waals surface area contributed by atoms with Gasteiger partial charge in [0.25, 0.3) is 0 Å². The Morgan fingerprint density at radius 2 is 1.48 bits per heavy atom. The molecule has 0 bridgehead atoms. The lowest BCUT2D eigenvalue weighted by atomic mass is 10.1. The number of unbranched alkanes of at least 4 members (excludes halogenated alkanes) is 8. The van der Waals surface area contributed by atoms with Crippen molar-refractivity contribution < 1.29 is 0 Å². The Hall–Kier alpha value is 0.620. The number of aryl methyl sites for hydroxylation is 1. The first-order valence-corrected chi connectivity index (χ1v) is 11.4. The second-order valence-corrected chi connectivity index (χ2v) is 9.70. The fraction of sp³-hybridized carbons (Fsp3) is 0.647. The third-order valence-electron chi connectivity index (χ3n) is 3.93. The Morgan fingerprint density at radius 3 is 2.14 bits per heavy atom. The predicted octanol–water partition coefficient (Wildman–Crippen LogP) is 8.56. The predicted molar refractivity (Wildman–Crippen MR) is 106 cm³/mol. The molecular formula is C17H24Br2S2. The van der Waals surface area contributed by atoms with Crippen molar-refractivity contribution in [1.82, 2.24) is 0 Å². The van der Waals surface area contributed by atoms with E-state index in [4.69, 9.17) is 0 Å². The van der Waals surface area contributed by atoms with Crippen molar-refractivity contribution in [3.05, 3.63) is 19.2 Å². The molecule has 0 radical (unpaired) electrons. The number of thiophene rings is 2. The summed E-state index contributed by atoms with van der Waals surface area (Å²) in [6.45, 7) is 2.28. The maximum absolute atomic E-state index is 3.67. The zero-order valence-electron chi connectivity index (χ0n) is 12.7. The zero-order valence-corrected chi connectivity index (χ0v) is 17.5. The van der Waals surface area contributed by atoms with E-state index in [-0.39, 0.29) is 0 Å². The molecule has 0 nitrogen and oxygen atoms in total. The molecule has 0 atom stereocenters. The molecule has 0 aliphatic heterocycles. The molecule has 0 unspecified atom stereocenters. The van der Waals surface area contributed by atoms with Gasteiger partial charge in [-0.1, -0.05) is 58.3 Å². The van der Waals surface area contributed by atoms with E-state index >= 15 is 0 Å². The van der Waals surface area contributed by atoms with Gasteiger partial charge in [-0.3, -0.25) is 0 Å². The summed E-state index contributed by atoms with van der Waals surface area (Å²) in [4.78, 5) is 0. The molecule has 0 aliphatic rings. The van der Waals surface area contributed by atoms with E-state index < -0.39 is 0 Å². The molecule has 2 rings (SSSR count). The topological polar surface area (TPSA) is 0 Å². The van der Waals surface area contributed by atoms with Gasteiger partial charge in [0.1, 0.15) is 0 Å². The second kappa shape index (κ2) is 9.69. The van der Waals surface area contributed by atoms with Gasteiger partial charge in [0.15, 0.2) is 0 Å². The molecule has 2 aromatic heterocycles. The molecule has 0 saturated carbocycles. The lowest BCUT2D eigenvalue weighted by Gasteiger charge is -2.01. The van der Waals surface area contributed by atoms with Crippen LogP contribution in [0.1, 0.15) is 70.3 Å². The van der Waals surface area contributed by atoms with Gasteiger partial charge in [0.05, 0.1) is 17.7 Å². The molecule has 118 valence electrons. The van der Waals surface area contributed by atoms with Gasteiger partial charge in [-0.2, -0.15) is 0 Å². The summed E-state index contributed by atoms with van der Waals surface area (Å²) < 4.78 is 5.37. The second-order valence-electron chi connectivity index (χ2n) is 5.69. The normalized spacial score (nSPS) is 11.6. The van der Waals surface area contributed by atoms with E-state index in [1.54, 1.807) is 5.56 Å². The highest BCUT2D eigenvalue weighted by atomic mass is 79.9. The third-order valence-corrected chi connectivity index (χ3v) is 8.89. The Morgan fingerprint density at radius 1 is 0.857 bits per heavy atom. The van der Waals surface area contributed by atoms with Crippen LogP contribution in [-0.2, 0) is 6.42 Å². The highest BCUT2D eigenvalue weighted by Gasteiger charge is 2.13. The summed E-state index contributed by atoms with van der Waals surface area (Å²) in [6.07, 6.45) is 13.9. The maximum atomic E-state index is 3.67. The van der Waals surface area contributed by atoms with Gasteiger partial charge in [-0.15, -0.1) is 22.7 Å². The van der Waals surface area contributed by atoms with Crippen LogP contribution in [0.4, 0.5) is 0 Å². The largest absolute Gasteiger partial charge is 0.141 e. The molecule has 0 fully saturated rings. The average molecular weight is 452 g/mol. The monoisotopic (exact) mass is 450 g/mol. The quantitative estimate of drug-likeness (QED) is 0.317. The number of hydrogen-bond donors (Lipinski definition) is 0. The molecule has 2 heterocycles. The van der Waals surface area contributed by atoms with Crippen LogP contribution in [0, 0.1) is 0 Å². The van der Waals surface area contributed by atoms with Crippen molar-refractivity contribution in [3.8, 4) is 0 Å². The summed E-state index contributed by atoms with van der Waals surface area (Å²) >= 11 is 11.0. The summed E-state index contributed by atoms with van der Waals surface area (Å²) in [5.74, 6) is 0. The van der Waals surface area contributed by atoms with E-state index in [1.165, 1.54) is 81.9 Å². The minimum Gasteiger partial charge on any atom is -0.141 e. The van der Waals surface area contributed by atoms with Crippen LogP contribution in [0.25, 0.3) is 9.40 Å². The maximum Gasteiger partial charge on any atom is 0.0861 e. The highest BCUT2D eigenvalue weighted by Crippen LogP contribution is 2.44. The van der Waals surface area contributed by atoms with E-state index in [9.17, 15) is 0 Å². The SMILES string of the molecule is CCCCCCCCCCCc1csc2c(Br)c(Br)sc12. The van der Waals surface area contributed by atoms with Crippen LogP contribution >= 0.6 is 54.5 Å². The first-order chi connectivity index (χ1) is 10.2. The van der Waals surface area contributed by atoms with Crippen LogP contribution in [0.3, 0.4) is 0 Å². The molecule has 0 spiro atoms. The molecule has 0 N–H and O–H groups in total. The van der Waals surface area contributed by atoms with E-state index in [0.717, 1.165) is 0 Å². The Kier molecular flexibility index (Phi) is 8.29. The summed E-state index contributed by atoms with van der Waals surface area (Å²) in [7, 11) is 0. The van der Waals surface area contributed by atoms with Crippen molar-refractivity contribution in [1.29, 1.82) is 0 Å². The van der Waals surface area contributed by atoms with Crippen molar-refractivity contribution in [2.75, 3.05) is 0 Å². The first kappa shape index (κ1) is 18.0. The van der Waals surface area contributed by atoms with Gasteiger partial charge in [0, 0.05) is 0 Å². The Labute approximate surface area is 153 Å². The van der Waals surface area contributed by atoms with Crippen LogP contribution in [0.15, 0.2) is 13.6 Å². The number of fused-ring (bicyclic) bond motifs is 1. The van der Waals surface area contributed by atoms with E-state index in [2.05, 4.69) is 44.2 Å². The van der Waals surface area contributed by atoms with Crippen molar-refractivity contribution in [2.45, 2.75) is 71.1 Å². The fourth-order valence-corrected chi connectivity index (χ4v) is 6.54. The van der Waals surface area contributed by atoms with Crippen molar-refractivity contribution in [3.63, 3.8) is 0 Å². The van der Waals surface area contributed by atoms with Crippen LogP contribution in [0.5, 0.6) is 0 Å². The van der Waals surface area contributed by atoms with Crippen LogP contribution in [-0.4, -0.2) is 0 Å². The van der Waals surface area contributed by atoms with Gasteiger partial charge in [0.2, 0.25) is 0 Å². The first-order valence-electron chi connectivity index (χ1n) is 8.08. The number of hydrogen-bond acceptors (Lipinski definition) is 2. The molecule has 0 amide bonds. The number of rotatable bonds is 10. The minimum atomic E-state index is 1.23. The van der Waals surface area contributed by atoms with E-state index in [1.807, 2.05) is 22.7 Å². The van der Waals surface area contributed by atoms with Crippen molar-refractivity contribution >= 4 is 63.9 Å². The standard InChI is InChI=1S/C17H24Br2S2/c1-2-3-4-5-6-7-8-9-10-11-13-12-20-16-14(18)17(19)21-15(13)16/h12H,2-11H2,1H3. The molecule has 0 saturated heterocycles. The lowest BCUT2D eigenvalue weighted by molar-refractivity contribution is 0.565. The lowest BCUT2D eigenvalue weighted by Crippen LogP contribution is -1.84. The van der Waals surface area contributed by atoms with Gasteiger partial charge in [-0.25, -0.2) is 0 Å². The minimum absolute atomic E-state index is 1.23. The van der Waals surface area contributed by atoms with E-state index in [0.29, 0.717) is 0 Å². The van der Waals surface area contributed by atoms with Crippen LogP contribution < -0.4 is 0 Å². The van der Waals surface area contributed by atoms with Gasteiger partial charge in [-0.05, 0) is 55.6 Å². The molecule has 2 aromatic rings. The zero-order chi connectivity index (χ0) is 15.1. The Balaban J connectivity index is 1.63. The molecule has 4 heteroatoms. The van der Waals surface area contributed by atoms with Crippen LogP contribution in [0.2, 0.25) is 0 Å². The highest BCUT2D eigenvalue weighted by molar-refractivity contribution is 9.13.